The van der Waals surface area contributed by atoms with Crippen molar-refractivity contribution in [3.63, 3.8) is 0 Å². The lowest BCUT2D eigenvalue weighted by atomic mass is 10.1. The molecule has 1 amide bonds. The van der Waals surface area contributed by atoms with Gasteiger partial charge < -0.3 is 38.5 Å². The van der Waals surface area contributed by atoms with E-state index in [-0.39, 0.29) is 72.8 Å². The summed E-state index contributed by atoms with van der Waals surface area (Å²) in [5.74, 6) is -0.806. The number of hydrogen-bond acceptors (Lipinski definition) is 14. The number of benzene rings is 3. The average molecular weight is 903 g/mol. The number of anilines is 1. The number of non-ortho nitro benzene ring substituents is 1. The average Bonchev–Trinajstić information content (AvgIpc) is 3.76. The molecule has 0 atom stereocenters. The molecule has 1 aromatic heterocycles. The molecular formula is C37H29Cl2F4N3O11S2. The fourth-order valence-corrected chi connectivity index (χ4v) is 8.96. The minimum Gasteiger partial charge on any atom is -0.447 e. The Morgan fingerprint density at radius 3 is 1.66 bits per heavy atom. The predicted octanol–water partition coefficient (Wildman–Crippen LogP) is 9.65. The van der Waals surface area contributed by atoms with Gasteiger partial charge in [0.1, 0.15) is 11.3 Å². The number of nitro groups is 1. The number of nitrogens with one attached hydrogen (secondary N) is 1. The van der Waals surface area contributed by atoms with Gasteiger partial charge >= 0.3 is 19.2 Å². The summed E-state index contributed by atoms with van der Waals surface area (Å²) < 4.78 is 89.3. The molecule has 0 bridgehead atoms. The molecule has 59 heavy (non-hydrogen) atoms. The van der Waals surface area contributed by atoms with Gasteiger partial charge in [0.05, 0.1) is 26.2 Å². The number of rotatable bonds is 9. The quantitative estimate of drug-likeness (QED) is 0.0554. The molecule has 5 heterocycles. The van der Waals surface area contributed by atoms with E-state index in [0.29, 0.717) is 25.7 Å². The second-order valence-electron chi connectivity index (χ2n) is 12.8. The van der Waals surface area contributed by atoms with E-state index >= 15 is 0 Å². The van der Waals surface area contributed by atoms with Crippen molar-refractivity contribution in [2.45, 2.75) is 50.5 Å². The Labute approximate surface area is 350 Å². The summed E-state index contributed by atoms with van der Waals surface area (Å²) in [7, 11) is 0. The zero-order chi connectivity index (χ0) is 41.9. The van der Waals surface area contributed by atoms with E-state index in [1.165, 1.54) is 60.9 Å². The number of carbonyl (C=O) groups excluding carboxylic acids is 2. The monoisotopic (exact) mass is 901 g/mol. The van der Waals surface area contributed by atoms with Crippen LogP contribution in [0.25, 0.3) is 0 Å². The van der Waals surface area contributed by atoms with Crippen LogP contribution in [0.3, 0.4) is 0 Å². The van der Waals surface area contributed by atoms with Gasteiger partial charge in [-0.05, 0) is 36.4 Å². The van der Waals surface area contributed by atoms with E-state index in [1.807, 2.05) is 0 Å². The molecule has 0 saturated carbocycles. The minimum absolute atomic E-state index is 0.0169. The van der Waals surface area contributed by atoms with Crippen molar-refractivity contribution >= 4 is 70.0 Å². The maximum absolute atomic E-state index is 12.9. The Morgan fingerprint density at radius 2 is 1.19 bits per heavy atom. The molecule has 4 aliphatic rings. The number of alkyl halides is 4. The van der Waals surface area contributed by atoms with Crippen LogP contribution in [-0.2, 0) is 0 Å². The summed E-state index contributed by atoms with van der Waals surface area (Å²) in [5, 5.41) is 13.6. The molecule has 2 spiro atoms. The summed E-state index contributed by atoms with van der Waals surface area (Å²) in [6.07, 6.45) is 4.78. The number of aromatic nitrogens is 1. The molecule has 1 N–H and O–H groups in total. The zero-order valence-corrected chi connectivity index (χ0v) is 33.2. The van der Waals surface area contributed by atoms with Crippen LogP contribution < -0.4 is 38.5 Å². The van der Waals surface area contributed by atoms with Crippen LogP contribution in [0.4, 0.5) is 28.9 Å². The number of amides is 1. The first-order valence-corrected chi connectivity index (χ1v) is 20.5. The molecule has 8 rings (SSSR count). The van der Waals surface area contributed by atoms with Crippen LogP contribution in [-0.4, -0.2) is 69.6 Å². The van der Waals surface area contributed by atoms with Crippen LogP contribution in [0.15, 0.2) is 60.9 Å². The van der Waals surface area contributed by atoms with Crippen molar-refractivity contribution in [1.82, 2.24) is 4.98 Å². The molecule has 4 aromatic rings. The van der Waals surface area contributed by atoms with Crippen LogP contribution in [0.5, 0.6) is 40.2 Å². The number of nitrogens with zero attached hydrogens (tertiary/aromatic N) is 2. The Bertz CT molecular complexity index is 2230. The van der Waals surface area contributed by atoms with E-state index in [4.69, 9.17) is 46.9 Å². The second kappa shape index (κ2) is 17.7. The number of esters is 1. The number of nitro benzene ring substituents is 1. The summed E-state index contributed by atoms with van der Waals surface area (Å²) in [6, 6.07) is 9.97. The van der Waals surface area contributed by atoms with Gasteiger partial charge in [-0.25, -0.2) is 4.79 Å². The third kappa shape index (κ3) is 9.40. The maximum Gasteiger partial charge on any atom is 0.387 e. The first-order valence-electron chi connectivity index (χ1n) is 17.5. The molecule has 0 aliphatic carbocycles. The van der Waals surface area contributed by atoms with Crippen molar-refractivity contribution in [3.05, 3.63) is 92.2 Å². The van der Waals surface area contributed by atoms with Crippen molar-refractivity contribution in [1.29, 1.82) is 0 Å². The SMILES string of the molecule is O=C(Nc1c(Cl)cncc1Cl)c1ccc(OC(F)F)c2c1OC1(CCSCC1)O2.O=C(Oc1ccc([N+](=O)[O-])cc1)c1ccc(OC(F)F)c2c1OC1(CCSCC1)O2. The first-order chi connectivity index (χ1) is 28.3. The number of fused-ring (bicyclic) bond motifs is 2. The highest BCUT2D eigenvalue weighted by atomic mass is 35.5. The van der Waals surface area contributed by atoms with E-state index in [0.717, 1.165) is 23.0 Å². The molecule has 3 aromatic carbocycles. The Morgan fingerprint density at radius 1 is 0.729 bits per heavy atom. The van der Waals surface area contributed by atoms with Crippen molar-refractivity contribution in [2.75, 3.05) is 28.3 Å². The minimum atomic E-state index is -3.07. The Hall–Kier alpha value is -5.05. The van der Waals surface area contributed by atoms with Gasteiger partial charge in [0.15, 0.2) is 23.0 Å². The van der Waals surface area contributed by atoms with Crippen LogP contribution in [0.1, 0.15) is 46.4 Å². The highest BCUT2D eigenvalue weighted by Crippen LogP contribution is 2.53. The lowest BCUT2D eigenvalue weighted by Gasteiger charge is -2.31. The van der Waals surface area contributed by atoms with Crippen LogP contribution in [0, 0.1) is 10.1 Å². The summed E-state index contributed by atoms with van der Waals surface area (Å²) in [5.41, 5.74) is 0.0801. The maximum atomic E-state index is 12.9. The lowest BCUT2D eigenvalue weighted by molar-refractivity contribution is -0.384. The molecule has 0 radical (unpaired) electrons. The van der Waals surface area contributed by atoms with Gasteiger partial charge in [-0.15, -0.1) is 0 Å². The molecule has 312 valence electrons. The summed E-state index contributed by atoms with van der Waals surface area (Å²) >= 11 is 15.6. The normalized spacial score (nSPS) is 16.7. The third-order valence-corrected chi connectivity index (χ3v) is 11.6. The number of halogens is 6. The predicted molar refractivity (Wildman–Crippen MR) is 208 cm³/mol. The van der Waals surface area contributed by atoms with E-state index in [9.17, 15) is 37.3 Å². The van der Waals surface area contributed by atoms with Gasteiger partial charge in [-0.3, -0.25) is 19.9 Å². The standard InChI is InChI=1S/C19H15F2NO7S.C18H14Cl2F2N2O4S/c20-18(21)27-14-6-5-13(15-16(14)29-19(28-15)7-9-30-10-8-19)17(23)26-12-3-1-11(2-4-12)22(24)25;19-10-7-23-8-11(20)13(10)24-16(25)9-1-2-12(26-17(21)22)15-14(9)27-18(28-15)3-5-29-6-4-18/h1-6,18H,7-10H2;1-2,7-8,17H,3-6H2,(H,23,24,25). The van der Waals surface area contributed by atoms with E-state index in [2.05, 4.69) is 19.8 Å². The molecular weight excluding hydrogens is 873 g/mol. The second-order valence-corrected chi connectivity index (χ2v) is 16.1. The van der Waals surface area contributed by atoms with Crippen molar-refractivity contribution in [2.24, 2.45) is 0 Å². The zero-order valence-electron chi connectivity index (χ0n) is 30.1. The number of carbonyl (C=O) groups is 2. The fraction of sp³-hybridized carbons (Fsp3) is 0.324. The fourth-order valence-electron chi connectivity index (χ4n) is 6.27. The summed E-state index contributed by atoms with van der Waals surface area (Å²) in [4.78, 5) is 39.6. The number of thioether (sulfide) groups is 2. The van der Waals surface area contributed by atoms with Gasteiger partial charge in [0.2, 0.25) is 11.5 Å². The van der Waals surface area contributed by atoms with E-state index < -0.39 is 41.6 Å². The van der Waals surface area contributed by atoms with Crippen LogP contribution >= 0.6 is 46.7 Å². The molecule has 22 heteroatoms. The molecule has 0 unspecified atom stereocenters. The van der Waals surface area contributed by atoms with Crippen LogP contribution in [0.2, 0.25) is 10.0 Å². The highest BCUT2D eigenvalue weighted by Gasteiger charge is 2.48. The van der Waals surface area contributed by atoms with Gasteiger partial charge in [0.25, 0.3) is 23.2 Å². The highest BCUT2D eigenvalue weighted by molar-refractivity contribution is 7.99. The smallest absolute Gasteiger partial charge is 0.387 e. The topological polar surface area (TPSA) is 167 Å². The molecule has 14 nitrogen and oxygen atoms in total. The van der Waals surface area contributed by atoms with Crippen molar-refractivity contribution < 1.29 is 65.2 Å². The molecule has 2 fully saturated rings. The number of ether oxygens (including phenoxy) is 7. The van der Waals surface area contributed by atoms with Gasteiger partial charge in [0, 0.05) is 73.2 Å². The Balaban J connectivity index is 0.000000179. The van der Waals surface area contributed by atoms with Gasteiger partial charge in [-0.2, -0.15) is 41.1 Å². The van der Waals surface area contributed by atoms with Gasteiger partial charge in [-0.1, -0.05) is 23.2 Å². The Kier molecular flexibility index (Phi) is 12.6. The first kappa shape index (κ1) is 42.1. The molecule has 4 aliphatic heterocycles. The number of hydrogen-bond donors (Lipinski definition) is 1. The molecule has 2 saturated heterocycles. The summed E-state index contributed by atoms with van der Waals surface area (Å²) in [6.45, 7) is -6.12. The third-order valence-electron chi connectivity index (χ3n) is 9.06. The van der Waals surface area contributed by atoms with Crippen molar-refractivity contribution in [3.8, 4) is 40.2 Å². The lowest BCUT2D eigenvalue weighted by Crippen LogP contribution is -2.42. The number of pyridine rings is 1. The largest absolute Gasteiger partial charge is 0.447 e. The van der Waals surface area contributed by atoms with E-state index in [1.54, 1.807) is 23.5 Å².